The fourth-order valence-corrected chi connectivity index (χ4v) is 6.04. The molecule has 176 valence electrons. The molecule has 6 nitrogen and oxygen atoms in total. The van der Waals surface area contributed by atoms with Gasteiger partial charge in [-0.05, 0) is 43.2 Å². The van der Waals surface area contributed by atoms with Crippen molar-refractivity contribution in [3.63, 3.8) is 0 Å². The van der Waals surface area contributed by atoms with Gasteiger partial charge in [0.05, 0.1) is 27.1 Å². The molecule has 2 amide bonds. The van der Waals surface area contributed by atoms with Crippen molar-refractivity contribution in [2.75, 3.05) is 24.2 Å². The van der Waals surface area contributed by atoms with E-state index in [1.54, 1.807) is 35.2 Å². The molecule has 1 N–H and O–H groups in total. The maximum absolute atomic E-state index is 13.1. The first-order chi connectivity index (χ1) is 17.1. The van der Waals surface area contributed by atoms with Gasteiger partial charge in [0.2, 0.25) is 0 Å². The molecule has 1 fully saturated rings. The summed E-state index contributed by atoms with van der Waals surface area (Å²) in [6.45, 7) is 1.46. The van der Waals surface area contributed by atoms with Crippen LogP contribution in [0.25, 0.3) is 10.2 Å². The van der Waals surface area contributed by atoms with Gasteiger partial charge in [0.15, 0.2) is 10.1 Å². The van der Waals surface area contributed by atoms with Gasteiger partial charge in [-0.25, -0.2) is 4.98 Å². The standard InChI is InChI=1S/C27H23N3O3S2/c31-23(18-8-2-1-3-9-18)17-34-27-29-22-13-12-19(16-24(22)35-27)28-25(32)20-10-4-5-11-21(20)26(33)30-14-6-7-15-30/h1-5,8-13,16H,6-7,14-15,17H2,(H,28,32). The Labute approximate surface area is 211 Å². The van der Waals surface area contributed by atoms with Crippen LogP contribution in [-0.4, -0.2) is 46.3 Å². The van der Waals surface area contributed by atoms with Crippen LogP contribution in [0.5, 0.6) is 0 Å². The summed E-state index contributed by atoms with van der Waals surface area (Å²) in [5.41, 5.74) is 2.92. The number of fused-ring (bicyclic) bond motifs is 1. The Morgan fingerprint density at radius 1 is 0.914 bits per heavy atom. The lowest BCUT2D eigenvalue weighted by molar-refractivity contribution is 0.0787. The minimum absolute atomic E-state index is 0.0601. The van der Waals surface area contributed by atoms with Crippen LogP contribution in [0.1, 0.15) is 43.9 Å². The van der Waals surface area contributed by atoms with E-state index in [1.807, 2.05) is 42.5 Å². The molecule has 1 saturated heterocycles. The van der Waals surface area contributed by atoms with Crippen LogP contribution in [-0.2, 0) is 0 Å². The summed E-state index contributed by atoms with van der Waals surface area (Å²) < 4.78 is 1.72. The largest absolute Gasteiger partial charge is 0.339 e. The molecule has 0 atom stereocenters. The molecule has 3 aromatic carbocycles. The number of likely N-dealkylation sites (tertiary alicyclic amines) is 1. The fourth-order valence-electron chi connectivity index (χ4n) is 4.03. The Morgan fingerprint density at radius 2 is 1.63 bits per heavy atom. The van der Waals surface area contributed by atoms with Crippen LogP contribution < -0.4 is 5.32 Å². The fraction of sp³-hybridized carbons (Fsp3) is 0.185. The molecular formula is C27H23N3O3S2. The topological polar surface area (TPSA) is 79.4 Å². The highest BCUT2D eigenvalue weighted by atomic mass is 32.2. The molecule has 0 unspecified atom stereocenters. The normalized spacial score (nSPS) is 13.2. The van der Waals surface area contributed by atoms with Gasteiger partial charge in [-0.3, -0.25) is 14.4 Å². The third-order valence-electron chi connectivity index (χ3n) is 5.84. The molecule has 0 spiro atoms. The zero-order chi connectivity index (χ0) is 24.2. The van der Waals surface area contributed by atoms with Gasteiger partial charge >= 0.3 is 0 Å². The molecule has 1 aliphatic rings. The summed E-state index contributed by atoms with van der Waals surface area (Å²) in [4.78, 5) is 44.8. The number of thioether (sulfide) groups is 1. The Bertz CT molecular complexity index is 1400. The number of ketones is 1. The van der Waals surface area contributed by atoms with Gasteiger partial charge < -0.3 is 10.2 Å². The average Bonchev–Trinajstić information content (AvgIpc) is 3.57. The number of thiazole rings is 1. The van der Waals surface area contributed by atoms with Crippen LogP contribution in [0, 0.1) is 0 Å². The van der Waals surface area contributed by atoms with Crippen LogP contribution in [0.3, 0.4) is 0 Å². The number of rotatable bonds is 7. The molecule has 4 aromatic rings. The van der Waals surface area contributed by atoms with E-state index in [-0.39, 0.29) is 17.6 Å². The third-order valence-corrected chi connectivity index (χ3v) is 8.01. The van der Waals surface area contributed by atoms with Gasteiger partial charge in [0.1, 0.15) is 0 Å². The van der Waals surface area contributed by atoms with E-state index in [9.17, 15) is 14.4 Å². The summed E-state index contributed by atoms with van der Waals surface area (Å²) in [5.74, 6) is -0.0437. The molecule has 1 aliphatic heterocycles. The number of nitrogens with one attached hydrogen (secondary N) is 1. The third kappa shape index (κ3) is 5.28. The van der Waals surface area contributed by atoms with E-state index in [2.05, 4.69) is 10.3 Å². The SMILES string of the molecule is O=C(CSc1nc2ccc(NC(=O)c3ccccc3C(=O)N3CCCC3)cc2s1)c1ccccc1. The highest BCUT2D eigenvalue weighted by Crippen LogP contribution is 2.32. The van der Waals surface area contributed by atoms with E-state index in [1.165, 1.54) is 23.1 Å². The highest BCUT2D eigenvalue weighted by Gasteiger charge is 2.24. The van der Waals surface area contributed by atoms with Crippen LogP contribution in [0.2, 0.25) is 0 Å². The van der Waals surface area contributed by atoms with E-state index < -0.39 is 0 Å². The predicted molar refractivity (Wildman–Crippen MR) is 141 cm³/mol. The quantitative estimate of drug-likeness (QED) is 0.257. The summed E-state index contributed by atoms with van der Waals surface area (Å²) in [5, 5.41) is 2.93. The lowest BCUT2D eigenvalue weighted by Crippen LogP contribution is -2.29. The Kier molecular flexibility index (Phi) is 6.92. The van der Waals surface area contributed by atoms with Gasteiger partial charge in [0.25, 0.3) is 11.8 Å². The zero-order valence-electron chi connectivity index (χ0n) is 18.9. The molecule has 0 aliphatic carbocycles. The average molecular weight is 502 g/mol. The maximum atomic E-state index is 13.1. The molecule has 1 aromatic heterocycles. The lowest BCUT2D eigenvalue weighted by Gasteiger charge is -2.17. The summed E-state index contributed by atoms with van der Waals surface area (Å²) in [7, 11) is 0. The molecule has 0 bridgehead atoms. The lowest BCUT2D eigenvalue weighted by atomic mass is 10.1. The minimum atomic E-state index is -0.319. The van der Waals surface area contributed by atoms with Crippen molar-refractivity contribution in [3.05, 3.63) is 89.5 Å². The van der Waals surface area contributed by atoms with E-state index in [0.717, 1.165) is 40.5 Å². The monoisotopic (exact) mass is 501 g/mol. The van der Waals surface area contributed by atoms with Crippen molar-refractivity contribution in [3.8, 4) is 0 Å². The second kappa shape index (κ2) is 10.4. The van der Waals surface area contributed by atoms with Crippen LogP contribution in [0.15, 0.2) is 77.1 Å². The number of aromatic nitrogens is 1. The van der Waals surface area contributed by atoms with Crippen LogP contribution >= 0.6 is 23.1 Å². The smallest absolute Gasteiger partial charge is 0.256 e. The number of anilines is 1. The first-order valence-corrected chi connectivity index (χ1v) is 13.2. The molecule has 35 heavy (non-hydrogen) atoms. The summed E-state index contributed by atoms with van der Waals surface area (Å²) in [6.07, 6.45) is 1.99. The zero-order valence-corrected chi connectivity index (χ0v) is 20.5. The molecular weight excluding hydrogens is 478 g/mol. The predicted octanol–water partition coefficient (Wildman–Crippen LogP) is 5.76. The number of amides is 2. The molecule has 2 heterocycles. The highest BCUT2D eigenvalue weighted by molar-refractivity contribution is 8.01. The summed E-state index contributed by atoms with van der Waals surface area (Å²) >= 11 is 2.90. The van der Waals surface area contributed by atoms with Crippen molar-refractivity contribution in [2.24, 2.45) is 0 Å². The number of carbonyl (C=O) groups is 3. The number of nitrogens with zero attached hydrogens (tertiary/aromatic N) is 2. The first kappa shape index (κ1) is 23.3. The summed E-state index contributed by atoms with van der Waals surface area (Å²) in [6, 6.07) is 21.7. The van der Waals surface area contributed by atoms with Crippen molar-refractivity contribution in [1.82, 2.24) is 9.88 Å². The molecule has 0 saturated carbocycles. The minimum Gasteiger partial charge on any atom is -0.339 e. The Hall–Kier alpha value is -3.49. The Balaban J connectivity index is 1.28. The molecule has 0 radical (unpaired) electrons. The second-order valence-electron chi connectivity index (χ2n) is 8.24. The van der Waals surface area contributed by atoms with E-state index in [4.69, 9.17) is 0 Å². The number of carbonyl (C=O) groups excluding carboxylic acids is 3. The van der Waals surface area contributed by atoms with Gasteiger partial charge in [-0.1, -0.05) is 54.2 Å². The van der Waals surface area contributed by atoms with Crippen molar-refractivity contribution in [2.45, 2.75) is 17.2 Å². The number of hydrogen-bond acceptors (Lipinski definition) is 6. The number of Topliss-reactive ketones (excluding diaryl/α,β-unsaturated/α-hetero) is 1. The van der Waals surface area contributed by atoms with E-state index >= 15 is 0 Å². The second-order valence-corrected chi connectivity index (χ2v) is 10.5. The van der Waals surface area contributed by atoms with Crippen molar-refractivity contribution < 1.29 is 14.4 Å². The van der Waals surface area contributed by atoms with Gasteiger partial charge in [0, 0.05) is 24.3 Å². The molecule has 8 heteroatoms. The maximum Gasteiger partial charge on any atom is 0.256 e. The Morgan fingerprint density at radius 3 is 2.40 bits per heavy atom. The number of hydrogen-bond donors (Lipinski definition) is 1. The van der Waals surface area contributed by atoms with Crippen molar-refractivity contribution in [1.29, 1.82) is 0 Å². The van der Waals surface area contributed by atoms with Gasteiger partial charge in [-0.15, -0.1) is 11.3 Å². The van der Waals surface area contributed by atoms with E-state index in [0.29, 0.717) is 28.1 Å². The molecule has 5 rings (SSSR count). The van der Waals surface area contributed by atoms with Gasteiger partial charge in [-0.2, -0.15) is 0 Å². The number of benzene rings is 3. The van der Waals surface area contributed by atoms with Crippen molar-refractivity contribution >= 4 is 56.6 Å². The first-order valence-electron chi connectivity index (χ1n) is 11.4. The van der Waals surface area contributed by atoms with Crippen LogP contribution in [0.4, 0.5) is 5.69 Å².